The van der Waals surface area contributed by atoms with Crippen LogP contribution in [0.1, 0.15) is 43.5 Å². The molecule has 44 heavy (non-hydrogen) atoms. The number of aromatic nitrogens is 1. The lowest BCUT2D eigenvalue weighted by Crippen LogP contribution is -2.41. The van der Waals surface area contributed by atoms with Crippen LogP contribution in [0.5, 0.6) is 5.75 Å². The van der Waals surface area contributed by atoms with Crippen molar-refractivity contribution in [2.45, 2.75) is 39.5 Å². The Morgan fingerprint density at radius 1 is 1.09 bits per heavy atom. The van der Waals surface area contributed by atoms with Gasteiger partial charge in [0, 0.05) is 20.6 Å². The van der Waals surface area contributed by atoms with E-state index < -0.39 is 17.6 Å². The SMILES string of the molecule is COc1ccc(Br)cc1[C@@H]1C(C(=O)OC(C)C)=C(C)N=c2s/c(=C3\C(=O)N(Cc4ccc(Cl)cc4)c4ccccc43)c(=O)n21. The molecule has 0 spiro atoms. The van der Waals surface area contributed by atoms with E-state index in [-0.39, 0.29) is 22.1 Å². The van der Waals surface area contributed by atoms with Gasteiger partial charge in [0.25, 0.3) is 11.5 Å². The van der Waals surface area contributed by atoms with Crippen molar-refractivity contribution < 1.29 is 19.1 Å². The predicted octanol–water partition coefficient (Wildman–Crippen LogP) is 5.53. The summed E-state index contributed by atoms with van der Waals surface area (Å²) >= 11 is 10.7. The lowest BCUT2D eigenvalue weighted by Gasteiger charge is -2.26. The average molecular weight is 693 g/mol. The van der Waals surface area contributed by atoms with E-state index >= 15 is 0 Å². The molecule has 1 amide bonds. The molecule has 4 aromatic rings. The van der Waals surface area contributed by atoms with Crippen LogP contribution in [0.4, 0.5) is 5.69 Å². The summed E-state index contributed by atoms with van der Waals surface area (Å²) in [5.41, 5.74) is 3.34. The minimum atomic E-state index is -0.906. The number of carbonyl (C=O) groups excluding carboxylic acids is 2. The molecular formula is C33H27BrClN3O5S. The normalized spacial score (nSPS) is 17.0. The van der Waals surface area contributed by atoms with Gasteiger partial charge in [0.15, 0.2) is 4.80 Å². The molecule has 0 N–H and O–H groups in total. The van der Waals surface area contributed by atoms with E-state index in [2.05, 4.69) is 15.9 Å². The molecule has 224 valence electrons. The van der Waals surface area contributed by atoms with Gasteiger partial charge in [-0.2, -0.15) is 0 Å². The number of thiazole rings is 1. The lowest BCUT2D eigenvalue weighted by atomic mass is 9.95. The number of para-hydroxylation sites is 1. The molecule has 0 fully saturated rings. The monoisotopic (exact) mass is 691 g/mol. The maximum Gasteiger partial charge on any atom is 0.338 e. The van der Waals surface area contributed by atoms with E-state index in [1.165, 1.54) is 11.7 Å². The number of anilines is 1. The van der Waals surface area contributed by atoms with E-state index in [0.717, 1.165) is 21.4 Å². The van der Waals surface area contributed by atoms with Crippen molar-refractivity contribution in [3.05, 3.63) is 124 Å². The first-order chi connectivity index (χ1) is 21.1. The second-order valence-electron chi connectivity index (χ2n) is 10.7. The predicted molar refractivity (Wildman–Crippen MR) is 174 cm³/mol. The summed E-state index contributed by atoms with van der Waals surface area (Å²) in [6.07, 6.45) is -0.390. The molecule has 2 aliphatic heterocycles. The Morgan fingerprint density at radius 2 is 1.82 bits per heavy atom. The standard InChI is InChI=1S/C33H27BrClN3O5S/c1-17(2)43-32(41)26-18(3)36-33-38(28(26)23-15-20(34)11-14-25(23)42-4)31(40)29(44-33)27-22-7-5-6-8-24(22)37(30(27)39)16-19-9-12-21(35)13-10-19/h5-15,17,28H,16H2,1-4H3/b29-27-/t28-/m1/s1. The highest BCUT2D eigenvalue weighted by molar-refractivity contribution is 9.10. The second kappa shape index (κ2) is 11.8. The Labute approximate surface area is 270 Å². The molecule has 0 saturated carbocycles. The van der Waals surface area contributed by atoms with Gasteiger partial charge >= 0.3 is 5.97 Å². The first-order valence-corrected chi connectivity index (χ1v) is 15.8. The van der Waals surface area contributed by atoms with Crippen molar-refractivity contribution >= 4 is 62.0 Å². The fraction of sp³-hybridized carbons (Fsp3) is 0.212. The Balaban J connectivity index is 1.59. The molecule has 0 radical (unpaired) electrons. The molecule has 3 aromatic carbocycles. The van der Waals surface area contributed by atoms with Crippen molar-refractivity contribution in [2.75, 3.05) is 12.0 Å². The van der Waals surface area contributed by atoms with Crippen LogP contribution in [0.15, 0.2) is 92.3 Å². The molecule has 0 aliphatic carbocycles. The van der Waals surface area contributed by atoms with Gasteiger partial charge in [-0.1, -0.05) is 69.2 Å². The van der Waals surface area contributed by atoms with Crippen LogP contribution in [0.2, 0.25) is 5.02 Å². The number of allylic oxidation sites excluding steroid dienone is 1. The first kappa shape index (κ1) is 30.1. The summed E-state index contributed by atoms with van der Waals surface area (Å²) in [6, 6.07) is 19.2. The molecule has 0 saturated heterocycles. The van der Waals surface area contributed by atoms with Crippen LogP contribution in [0, 0.1) is 0 Å². The molecule has 1 atom stereocenters. The average Bonchev–Trinajstić information content (AvgIpc) is 3.45. The number of nitrogens with zero attached hydrogens (tertiary/aromatic N) is 3. The van der Waals surface area contributed by atoms with E-state index in [9.17, 15) is 14.4 Å². The summed E-state index contributed by atoms with van der Waals surface area (Å²) < 4.78 is 13.8. The van der Waals surface area contributed by atoms with Crippen molar-refractivity contribution in [1.82, 2.24) is 4.57 Å². The number of methoxy groups -OCH3 is 1. The Kier molecular flexibility index (Phi) is 8.08. The third kappa shape index (κ3) is 5.21. The largest absolute Gasteiger partial charge is 0.496 e. The topological polar surface area (TPSA) is 90.2 Å². The fourth-order valence-electron chi connectivity index (χ4n) is 5.55. The van der Waals surface area contributed by atoms with Gasteiger partial charge < -0.3 is 14.4 Å². The Morgan fingerprint density at radius 3 is 2.52 bits per heavy atom. The summed E-state index contributed by atoms with van der Waals surface area (Å²) in [5.74, 6) is -0.391. The van der Waals surface area contributed by atoms with E-state index in [1.807, 2.05) is 48.5 Å². The summed E-state index contributed by atoms with van der Waals surface area (Å²) in [6.45, 7) is 5.55. The van der Waals surface area contributed by atoms with Crippen LogP contribution < -0.4 is 24.5 Å². The van der Waals surface area contributed by atoms with E-state index in [4.69, 9.17) is 26.1 Å². The molecule has 8 nitrogen and oxygen atoms in total. The molecule has 0 unspecified atom stereocenters. The van der Waals surface area contributed by atoms with Gasteiger partial charge in [0.05, 0.1) is 42.3 Å². The number of ether oxygens (including phenoxy) is 2. The number of halogens is 2. The number of hydrogen-bond donors (Lipinski definition) is 0. The Hall–Kier alpha value is -3.99. The van der Waals surface area contributed by atoms with Crippen molar-refractivity contribution in [3.63, 3.8) is 0 Å². The molecule has 0 bridgehead atoms. The number of esters is 1. The zero-order valence-corrected chi connectivity index (χ0v) is 27.4. The van der Waals surface area contributed by atoms with Crippen LogP contribution >= 0.6 is 38.9 Å². The number of fused-ring (bicyclic) bond motifs is 2. The number of rotatable bonds is 6. The van der Waals surface area contributed by atoms with Gasteiger partial charge in [0.2, 0.25) is 0 Å². The zero-order valence-electron chi connectivity index (χ0n) is 24.3. The van der Waals surface area contributed by atoms with Crippen molar-refractivity contribution in [3.8, 4) is 5.75 Å². The van der Waals surface area contributed by atoms with Gasteiger partial charge in [-0.25, -0.2) is 9.79 Å². The lowest BCUT2D eigenvalue weighted by molar-refractivity contribution is -0.143. The maximum absolute atomic E-state index is 14.5. The highest BCUT2D eigenvalue weighted by Crippen LogP contribution is 2.39. The minimum absolute atomic E-state index is 0.224. The number of amides is 1. The zero-order chi connectivity index (χ0) is 31.3. The number of benzene rings is 3. The summed E-state index contributed by atoms with van der Waals surface area (Å²) in [4.78, 5) is 48.9. The Bertz CT molecular complexity index is 2050. The second-order valence-corrected chi connectivity index (χ2v) is 13.0. The van der Waals surface area contributed by atoms with Crippen LogP contribution in [-0.4, -0.2) is 29.7 Å². The van der Waals surface area contributed by atoms with Crippen molar-refractivity contribution in [1.29, 1.82) is 0 Å². The fourth-order valence-corrected chi connectivity index (χ4v) is 7.19. The van der Waals surface area contributed by atoms with E-state index in [1.54, 1.807) is 43.9 Å². The maximum atomic E-state index is 14.5. The minimum Gasteiger partial charge on any atom is -0.496 e. The molecule has 6 rings (SSSR count). The van der Waals surface area contributed by atoms with Gasteiger partial charge in [-0.15, -0.1) is 0 Å². The summed E-state index contributed by atoms with van der Waals surface area (Å²) in [7, 11) is 1.53. The third-order valence-electron chi connectivity index (χ3n) is 7.45. The third-order valence-corrected chi connectivity index (χ3v) is 9.25. The number of carbonyl (C=O) groups is 2. The molecular weight excluding hydrogens is 666 g/mol. The molecule has 1 aromatic heterocycles. The van der Waals surface area contributed by atoms with Crippen LogP contribution in [0.3, 0.4) is 0 Å². The van der Waals surface area contributed by atoms with E-state index in [0.29, 0.717) is 50.2 Å². The molecule has 3 heterocycles. The van der Waals surface area contributed by atoms with Crippen molar-refractivity contribution in [2.24, 2.45) is 4.99 Å². The van der Waals surface area contributed by atoms with Crippen LogP contribution in [0.25, 0.3) is 5.57 Å². The quantitative estimate of drug-likeness (QED) is 0.248. The first-order valence-electron chi connectivity index (χ1n) is 13.8. The van der Waals surface area contributed by atoms with Gasteiger partial charge in [0.1, 0.15) is 16.3 Å². The van der Waals surface area contributed by atoms with Gasteiger partial charge in [-0.3, -0.25) is 14.2 Å². The molecule has 11 heteroatoms. The van der Waals surface area contributed by atoms with Crippen LogP contribution in [-0.2, 0) is 20.9 Å². The number of hydrogen-bond acceptors (Lipinski definition) is 7. The smallest absolute Gasteiger partial charge is 0.338 e. The van der Waals surface area contributed by atoms with Gasteiger partial charge in [-0.05, 0) is 62.7 Å². The molecule has 2 aliphatic rings. The highest BCUT2D eigenvalue weighted by atomic mass is 79.9. The highest BCUT2D eigenvalue weighted by Gasteiger charge is 2.38. The summed E-state index contributed by atoms with van der Waals surface area (Å²) in [5, 5.41) is 0.604.